The van der Waals surface area contributed by atoms with Gasteiger partial charge >= 0.3 is 11.6 Å². The molecule has 2 aromatic heterocycles. The molecule has 0 saturated carbocycles. The number of benzene rings is 2. The summed E-state index contributed by atoms with van der Waals surface area (Å²) in [7, 11) is 0. The van der Waals surface area contributed by atoms with Crippen molar-refractivity contribution in [2.75, 3.05) is 0 Å². The molecule has 108 valence electrons. The molecule has 4 aromatic rings. The second-order valence-electron chi connectivity index (χ2n) is 4.56. The normalized spacial score (nSPS) is 11.3. The van der Waals surface area contributed by atoms with E-state index in [-0.39, 0.29) is 28.1 Å². The van der Waals surface area contributed by atoms with E-state index < -0.39 is 11.6 Å². The number of hydrogen-bond donors (Lipinski definition) is 0. The van der Waals surface area contributed by atoms with E-state index in [0.717, 1.165) is 0 Å². The van der Waals surface area contributed by atoms with Gasteiger partial charge in [-0.2, -0.15) is 0 Å². The molecule has 7 heteroatoms. The van der Waals surface area contributed by atoms with E-state index in [1.54, 1.807) is 0 Å². The van der Waals surface area contributed by atoms with Crippen molar-refractivity contribution in [1.82, 2.24) is 0 Å². The smallest absolute Gasteiger partial charge is 0.391 e. The molecule has 0 radical (unpaired) electrons. The summed E-state index contributed by atoms with van der Waals surface area (Å²) >= 11 is 0. The van der Waals surface area contributed by atoms with Gasteiger partial charge in [0.05, 0.1) is 0 Å². The molecule has 22 heavy (non-hydrogen) atoms. The minimum Gasteiger partial charge on any atom is -0.391 e. The van der Waals surface area contributed by atoms with Gasteiger partial charge in [0.25, 0.3) is 0 Å². The Bertz CT molecular complexity index is 1050. The fourth-order valence-corrected chi connectivity index (χ4v) is 2.19. The van der Waals surface area contributed by atoms with Gasteiger partial charge < -0.3 is 17.7 Å². The van der Waals surface area contributed by atoms with Crippen molar-refractivity contribution in [1.29, 1.82) is 0 Å². The van der Waals surface area contributed by atoms with Gasteiger partial charge in [0.1, 0.15) is 0 Å². The van der Waals surface area contributed by atoms with Crippen molar-refractivity contribution in [3.63, 3.8) is 0 Å². The van der Waals surface area contributed by atoms with Gasteiger partial charge in [-0.3, -0.25) is 4.79 Å². The van der Waals surface area contributed by atoms with Crippen LogP contribution in [0.5, 0.6) is 0 Å². The van der Waals surface area contributed by atoms with Crippen molar-refractivity contribution in [3.05, 3.63) is 68.8 Å². The quantitative estimate of drug-likeness (QED) is 0.523. The minimum atomic E-state index is -0.832. The highest BCUT2D eigenvalue weighted by atomic mass is 16.6. The average Bonchev–Trinajstić information content (AvgIpc) is 3.04. The van der Waals surface area contributed by atoms with E-state index in [2.05, 4.69) is 0 Å². The summed E-state index contributed by atoms with van der Waals surface area (Å²) in [6.45, 7) is 0. The summed E-state index contributed by atoms with van der Waals surface area (Å²) in [5.74, 6) is -1.99. The van der Waals surface area contributed by atoms with Crippen LogP contribution in [-0.2, 0) is 0 Å². The van der Waals surface area contributed by atoms with Crippen molar-refractivity contribution in [3.8, 4) is 0 Å². The Kier molecular flexibility index (Phi) is 2.43. The monoisotopic (exact) mass is 298 g/mol. The summed E-state index contributed by atoms with van der Waals surface area (Å²) in [4.78, 5) is 34.5. The first-order chi connectivity index (χ1) is 10.6. The second kappa shape index (κ2) is 4.32. The maximum Gasteiger partial charge on any atom is 0.519 e. The molecular weight excluding hydrogens is 292 g/mol. The summed E-state index contributed by atoms with van der Waals surface area (Å²) < 4.78 is 19.2. The Labute approximate surface area is 120 Å². The van der Waals surface area contributed by atoms with Crippen LogP contribution in [0, 0.1) is 0 Å². The average molecular weight is 298 g/mol. The lowest BCUT2D eigenvalue weighted by atomic mass is 10.0. The van der Waals surface area contributed by atoms with Crippen LogP contribution in [0.15, 0.2) is 63.7 Å². The van der Waals surface area contributed by atoms with Gasteiger partial charge in [-0.15, -0.1) is 0 Å². The lowest BCUT2D eigenvalue weighted by Gasteiger charge is -2.00. The lowest BCUT2D eigenvalue weighted by Crippen LogP contribution is -2.00. The summed E-state index contributed by atoms with van der Waals surface area (Å²) in [5.41, 5.74) is 1.51. The van der Waals surface area contributed by atoms with Crippen LogP contribution >= 0.6 is 0 Å². The standard InChI is InChI=1S/C15H6O7/c16-13(7-1-3-9-11(5-7)21-14(17)19-9)8-2-4-10-12(6-8)22-15(18)20-10/h1-6H. The molecule has 4 rings (SSSR count). The van der Waals surface area contributed by atoms with E-state index in [1.165, 1.54) is 36.4 Å². The van der Waals surface area contributed by atoms with Gasteiger partial charge in [-0.25, -0.2) is 9.59 Å². The SMILES string of the molecule is O=C(c1ccc2oc(=O)oc2c1)c1ccc2oc(=O)oc2c1. The first-order valence-electron chi connectivity index (χ1n) is 6.22. The molecule has 7 nitrogen and oxygen atoms in total. The predicted octanol–water partition coefficient (Wildman–Crippen LogP) is 2.32. The van der Waals surface area contributed by atoms with Crippen LogP contribution in [0.2, 0.25) is 0 Å². The van der Waals surface area contributed by atoms with Crippen molar-refractivity contribution in [2.24, 2.45) is 0 Å². The number of rotatable bonds is 2. The van der Waals surface area contributed by atoms with Gasteiger partial charge in [0, 0.05) is 11.1 Å². The van der Waals surface area contributed by atoms with Crippen LogP contribution in [0.1, 0.15) is 15.9 Å². The van der Waals surface area contributed by atoms with Crippen LogP contribution in [0.25, 0.3) is 22.3 Å². The number of ketones is 1. The molecule has 0 unspecified atom stereocenters. The van der Waals surface area contributed by atoms with E-state index in [9.17, 15) is 14.4 Å². The van der Waals surface area contributed by atoms with Crippen LogP contribution < -0.4 is 11.6 Å². The fourth-order valence-electron chi connectivity index (χ4n) is 2.19. The molecule has 0 bridgehead atoms. The Morgan fingerprint density at radius 2 is 1.05 bits per heavy atom. The molecule has 2 heterocycles. The summed E-state index contributed by atoms with van der Waals surface area (Å²) in [5, 5.41) is 0. The molecule has 0 atom stereocenters. The number of carbonyl (C=O) groups is 1. The third-order valence-corrected chi connectivity index (χ3v) is 3.18. The van der Waals surface area contributed by atoms with Gasteiger partial charge in [-0.05, 0) is 36.4 Å². The molecule has 2 aromatic carbocycles. The molecule has 0 aliphatic carbocycles. The van der Waals surface area contributed by atoms with Crippen molar-refractivity contribution < 1.29 is 22.5 Å². The number of hydrogen-bond acceptors (Lipinski definition) is 7. The third-order valence-electron chi connectivity index (χ3n) is 3.18. The van der Waals surface area contributed by atoms with Gasteiger partial charge in [0.15, 0.2) is 28.1 Å². The predicted molar refractivity (Wildman–Crippen MR) is 72.9 cm³/mol. The van der Waals surface area contributed by atoms with E-state index in [4.69, 9.17) is 17.7 Å². The molecule has 0 saturated heterocycles. The van der Waals surface area contributed by atoms with E-state index in [1.807, 2.05) is 0 Å². The fraction of sp³-hybridized carbons (Fsp3) is 0. The lowest BCUT2D eigenvalue weighted by molar-refractivity contribution is 0.103. The second-order valence-corrected chi connectivity index (χ2v) is 4.56. The summed E-state index contributed by atoms with van der Waals surface area (Å²) in [6, 6.07) is 8.81. The zero-order valence-electron chi connectivity index (χ0n) is 10.8. The first kappa shape index (κ1) is 12.4. The van der Waals surface area contributed by atoms with E-state index >= 15 is 0 Å². The highest BCUT2D eigenvalue weighted by molar-refractivity contribution is 6.11. The highest BCUT2D eigenvalue weighted by Gasteiger charge is 2.14. The molecule has 0 fully saturated rings. The van der Waals surface area contributed by atoms with E-state index in [0.29, 0.717) is 11.1 Å². The maximum atomic E-state index is 12.4. The van der Waals surface area contributed by atoms with Crippen LogP contribution in [-0.4, -0.2) is 5.78 Å². The molecule has 0 N–H and O–H groups in total. The highest BCUT2D eigenvalue weighted by Crippen LogP contribution is 2.20. The molecule has 0 aliphatic rings. The number of carbonyl (C=O) groups excluding carboxylic acids is 1. The molecule has 0 amide bonds. The van der Waals surface area contributed by atoms with Crippen LogP contribution in [0.4, 0.5) is 0 Å². The Morgan fingerprint density at radius 1 is 0.636 bits per heavy atom. The van der Waals surface area contributed by atoms with Gasteiger partial charge in [-0.1, -0.05) is 0 Å². The molecule has 0 spiro atoms. The molecular formula is C15H6O7. The first-order valence-corrected chi connectivity index (χ1v) is 6.22. The van der Waals surface area contributed by atoms with Crippen molar-refractivity contribution in [2.45, 2.75) is 0 Å². The molecule has 0 aliphatic heterocycles. The topological polar surface area (TPSA) is 104 Å². The third kappa shape index (κ3) is 1.87. The number of fused-ring (bicyclic) bond motifs is 2. The van der Waals surface area contributed by atoms with Gasteiger partial charge in [0.2, 0.25) is 0 Å². The summed E-state index contributed by atoms with van der Waals surface area (Å²) in [6.07, 6.45) is 0. The Morgan fingerprint density at radius 3 is 1.50 bits per heavy atom. The minimum absolute atomic E-state index is 0.187. The zero-order chi connectivity index (χ0) is 15.3. The Balaban J connectivity index is 1.82. The van der Waals surface area contributed by atoms with Crippen LogP contribution in [0.3, 0.4) is 0 Å². The van der Waals surface area contributed by atoms with Crippen molar-refractivity contribution >= 4 is 28.1 Å². The zero-order valence-corrected chi connectivity index (χ0v) is 10.8. The Hall–Kier alpha value is -3.35. The largest absolute Gasteiger partial charge is 0.519 e. The maximum absolute atomic E-state index is 12.4.